The highest BCUT2D eigenvalue weighted by molar-refractivity contribution is 6.09. The number of aryl methyl sites for hydroxylation is 1. The number of hydrogen-bond acceptors (Lipinski definition) is 5. The first-order valence-electron chi connectivity index (χ1n) is 7.72. The largest absolute Gasteiger partial charge is 0.478 e. The smallest absolute Gasteiger partial charge is 0.335 e. The molecule has 4 rings (SSSR count). The molecular weight excluding hydrogens is 316 g/mol. The molecular formula is C19H14N4O2. The van der Waals surface area contributed by atoms with Crippen LogP contribution >= 0.6 is 0 Å². The van der Waals surface area contributed by atoms with Crippen molar-refractivity contribution in [1.82, 2.24) is 15.0 Å². The summed E-state index contributed by atoms with van der Waals surface area (Å²) in [5, 5.41) is 14.1. The van der Waals surface area contributed by atoms with Gasteiger partial charge in [0.1, 0.15) is 11.8 Å². The van der Waals surface area contributed by atoms with E-state index in [1.54, 1.807) is 24.4 Å². The summed E-state index contributed by atoms with van der Waals surface area (Å²) in [7, 11) is 0. The van der Waals surface area contributed by atoms with Crippen molar-refractivity contribution in [2.75, 3.05) is 5.32 Å². The van der Waals surface area contributed by atoms with E-state index in [4.69, 9.17) is 0 Å². The van der Waals surface area contributed by atoms with E-state index in [-0.39, 0.29) is 5.56 Å². The Hall–Kier alpha value is -3.54. The minimum Gasteiger partial charge on any atom is -0.478 e. The second-order valence-corrected chi connectivity index (χ2v) is 5.78. The molecule has 0 unspecified atom stereocenters. The third-order valence-electron chi connectivity index (χ3n) is 3.98. The van der Waals surface area contributed by atoms with Gasteiger partial charge in [-0.05, 0) is 36.8 Å². The molecule has 0 aliphatic heterocycles. The molecule has 2 aromatic heterocycles. The summed E-state index contributed by atoms with van der Waals surface area (Å²) in [5.74, 6) is -0.417. The van der Waals surface area contributed by atoms with Gasteiger partial charge in [0, 0.05) is 22.7 Å². The van der Waals surface area contributed by atoms with Gasteiger partial charge in [-0.3, -0.25) is 0 Å². The van der Waals surface area contributed by atoms with Crippen LogP contribution in [0.1, 0.15) is 15.9 Å². The first kappa shape index (κ1) is 15.0. The predicted molar refractivity (Wildman–Crippen MR) is 96.3 cm³/mol. The van der Waals surface area contributed by atoms with E-state index in [0.29, 0.717) is 16.9 Å². The molecule has 122 valence electrons. The molecule has 2 N–H and O–H groups in total. The number of anilines is 2. The summed E-state index contributed by atoms with van der Waals surface area (Å²) in [5.41, 5.74) is 3.47. The maximum Gasteiger partial charge on any atom is 0.335 e. The fourth-order valence-corrected chi connectivity index (χ4v) is 2.82. The number of aromatic nitrogens is 3. The fourth-order valence-electron chi connectivity index (χ4n) is 2.82. The molecule has 0 aliphatic rings. The second-order valence-electron chi connectivity index (χ2n) is 5.78. The standard InChI is InChI=1S/C19H14N4O2/c1-11-3-2-4-13(7-11)22-18-17-15(9-20-10-21-17)14-6-5-12(19(24)25)8-16(14)23-18/h2-10H,1H3,(H,22,23)(H,24,25). The summed E-state index contributed by atoms with van der Waals surface area (Å²) in [6.07, 6.45) is 3.19. The molecule has 0 amide bonds. The highest BCUT2D eigenvalue weighted by Crippen LogP contribution is 2.29. The van der Waals surface area contributed by atoms with Crippen molar-refractivity contribution in [3.8, 4) is 0 Å². The predicted octanol–water partition coefficient (Wildman–Crippen LogP) is 3.93. The topological polar surface area (TPSA) is 88.0 Å². The number of rotatable bonds is 3. The van der Waals surface area contributed by atoms with E-state index in [9.17, 15) is 9.90 Å². The lowest BCUT2D eigenvalue weighted by atomic mass is 10.1. The van der Waals surface area contributed by atoms with Crippen LogP contribution in [-0.4, -0.2) is 26.0 Å². The van der Waals surface area contributed by atoms with Crippen LogP contribution in [0, 0.1) is 6.92 Å². The zero-order valence-corrected chi connectivity index (χ0v) is 13.4. The van der Waals surface area contributed by atoms with E-state index in [1.165, 1.54) is 6.33 Å². The molecule has 0 bridgehead atoms. The monoisotopic (exact) mass is 330 g/mol. The van der Waals surface area contributed by atoms with Gasteiger partial charge in [0.05, 0.1) is 11.1 Å². The van der Waals surface area contributed by atoms with Crippen molar-refractivity contribution in [2.24, 2.45) is 0 Å². The maximum atomic E-state index is 11.3. The second kappa shape index (κ2) is 5.83. The van der Waals surface area contributed by atoms with Gasteiger partial charge in [-0.15, -0.1) is 0 Å². The number of nitrogens with zero attached hydrogens (tertiary/aromatic N) is 3. The Labute approximate surface area is 143 Å². The highest BCUT2D eigenvalue weighted by atomic mass is 16.4. The average Bonchev–Trinajstić information content (AvgIpc) is 2.61. The van der Waals surface area contributed by atoms with Crippen molar-refractivity contribution in [2.45, 2.75) is 6.92 Å². The average molecular weight is 330 g/mol. The Balaban J connectivity index is 1.96. The van der Waals surface area contributed by atoms with Crippen LogP contribution in [0.25, 0.3) is 21.8 Å². The third kappa shape index (κ3) is 2.74. The van der Waals surface area contributed by atoms with Crippen molar-refractivity contribution < 1.29 is 9.90 Å². The summed E-state index contributed by atoms with van der Waals surface area (Å²) >= 11 is 0. The summed E-state index contributed by atoms with van der Waals surface area (Å²) in [6.45, 7) is 2.01. The van der Waals surface area contributed by atoms with Crippen LogP contribution in [0.15, 0.2) is 55.0 Å². The van der Waals surface area contributed by atoms with Gasteiger partial charge < -0.3 is 10.4 Å². The molecule has 0 aliphatic carbocycles. The van der Waals surface area contributed by atoms with E-state index >= 15 is 0 Å². The van der Waals surface area contributed by atoms with Gasteiger partial charge in [0.2, 0.25) is 0 Å². The number of carboxylic acids is 1. The van der Waals surface area contributed by atoms with Crippen LogP contribution in [0.3, 0.4) is 0 Å². The molecule has 2 heterocycles. The Morgan fingerprint density at radius 1 is 1.12 bits per heavy atom. The number of carboxylic acid groups (broad SMARTS) is 1. The zero-order valence-electron chi connectivity index (χ0n) is 13.4. The quantitative estimate of drug-likeness (QED) is 0.553. The lowest BCUT2D eigenvalue weighted by Crippen LogP contribution is -2.00. The molecule has 25 heavy (non-hydrogen) atoms. The molecule has 0 spiro atoms. The van der Waals surface area contributed by atoms with E-state index in [1.807, 2.05) is 31.2 Å². The number of pyridine rings is 1. The fraction of sp³-hybridized carbons (Fsp3) is 0.0526. The molecule has 0 radical (unpaired) electrons. The van der Waals surface area contributed by atoms with Crippen molar-refractivity contribution >= 4 is 39.3 Å². The minimum atomic E-state index is -0.985. The molecule has 4 aromatic rings. The van der Waals surface area contributed by atoms with Gasteiger partial charge in [-0.2, -0.15) is 0 Å². The highest BCUT2D eigenvalue weighted by Gasteiger charge is 2.12. The summed E-state index contributed by atoms with van der Waals surface area (Å²) in [6, 6.07) is 12.8. The number of benzene rings is 2. The number of hydrogen-bond donors (Lipinski definition) is 2. The van der Waals surface area contributed by atoms with Crippen molar-refractivity contribution in [1.29, 1.82) is 0 Å². The Bertz CT molecular complexity index is 1120. The Morgan fingerprint density at radius 3 is 2.80 bits per heavy atom. The van der Waals surface area contributed by atoms with Gasteiger partial charge in [0.25, 0.3) is 0 Å². The number of carbonyl (C=O) groups is 1. The van der Waals surface area contributed by atoms with Crippen molar-refractivity contribution in [3.63, 3.8) is 0 Å². The molecule has 0 saturated heterocycles. The lowest BCUT2D eigenvalue weighted by molar-refractivity contribution is 0.0697. The number of aromatic carboxylic acids is 1. The van der Waals surface area contributed by atoms with Crippen LogP contribution in [-0.2, 0) is 0 Å². The van der Waals surface area contributed by atoms with Crippen LogP contribution in [0.2, 0.25) is 0 Å². The summed E-state index contributed by atoms with van der Waals surface area (Å²) < 4.78 is 0. The van der Waals surface area contributed by atoms with Gasteiger partial charge >= 0.3 is 5.97 Å². The molecule has 6 heteroatoms. The van der Waals surface area contributed by atoms with Crippen LogP contribution in [0.4, 0.5) is 11.5 Å². The third-order valence-corrected chi connectivity index (χ3v) is 3.98. The van der Waals surface area contributed by atoms with Crippen molar-refractivity contribution in [3.05, 3.63) is 66.1 Å². The van der Waals surface area contributed by atoms with E-state index in [2.05, 4.69) is 20.3 Å². The zero-order chi connectivity index (χ0) is 17.4. The summed E-state index contributed by atoms with van der Waals surface area (Å²) in [4.78, 5) is 24.3. The lowest BCUT2D eigenvalue weighted by Gasteiger charge is -2.11. The number of nitrogens with one attached hydrogen (secondary N) is 1. The molecule has 6 nitrogen and oxygen atoms in total. The maximum absolute atomic E-state index is 11.3. The Kier molecular flexibility index (Phi) is 3.50. The molecule has 0 saturated carbocycles. The van der Waals surface area contributed by atoms with Gasteiger partial charge in [0.15, 0.2) is 5.82 Å². The normalized spacial score (nSPS) is 10.9. The van der Waals surface area contributed by atoms with Crippen LogP contribution in [0.5, 0.6) is 0 Å². The molecule has 0 fully saturated rings. The van der Waals surface area contributed by atoms with Gasteiger partial charge in [-0.1, -0.05) is 18.2 Å². The van der Waals surface area contributed by atoms with Gasteiger partial charge in [-0.25, -0.2) is 19.7 Å². The molecule has 0 atom stereocenters. The molecule has 2 aromatic carbocycles. The first-order chi connectivity index (χ1) is 12.1. The first-order valence-corrected chi connectivity index (χ1v) is 7.72. The van der Waals surface area contributed by atoms with E-state index < -0.39 is 5.97 Å². The minimum absolute atomic E-state index is 0.192. The van der Waals surface area contributed by atoms with E-state index in [0.717, 1.165) is 22.0 Å². The SMILES string of the molecule is Cc1cccc(Nc2nc3cc(C(=O)O)ccc3c3cncnc23)c1. The van der Waals surface area contributed by atoms with Crippen LogP contribution < -0.4 is 5.32 Å². The Morgan fingerprint density at radius 2 is 2.00 bits per heavy atom. The number of fused-ring (bicyclic) bond motifs is 3.